The SMILES string of the molecule is CCCNC1NN(N)S1. The second-order valence-corrected chi connectivity index (χ2v) is 2.97. The van der Waals surface area contributed by atoms with Gasteiger partial charge in [0.15, 0.2) is 0 Å². The highest BCUT2D eigenvalue weighted by Crippen LogP contribution is 2.15. The largest absolute Gasteiger partial charge is 0.291 e. The van der Waals surface area contributed by atoms with Crippen molar-refractivity contribution in [2.24, 2.45) is 5.84 Å². The molecule has 1 rings (SSSR count). The van der Waals surface area contributed by atoms with Crippen LogP contribution in [0.4, 0.5) is 0 Å². The van der Waals surface area contributed by atoms with Crippen LogP contribution in [0.2, 0.25) is 0 Å². The number of hydrogen-bond donors (Lipinski definition) is 3. The molecule has 1 heterocycles. The second-order valence-electron chi connectivity index (χ2n) is 1.89. The molecule has 54 valence electrons. The van der Waals surface area contributed by atoms with Crippen molar-refractivity contribution in [1.82, 2.24) is 15.3 Å². The molecule has 0 amide bonds. The topological polar surface area (TPSA) is 53.3 Å². The van der Waals surface area contributed by atoms with Crippen LogP contribution in [0.3, 0.4) is 0 Å². The van der Waals surface area contributed by atoms with Crippen LogP contribution in [0.1, 0.15) is 13.3 Å². The fourth-order valence-electron chi connectivity index (χ4n) is 0.592. The monoisotopic (exact) mass is 148 g/mol. The van der Waals surface area contributed by atoms with E-state index in [1.807, 2.05) is 0 Å². The van der Waals surface area contributed by atoms with Crippen LogP contribution >= 0.6 is 11.9 Å². The molecule has 0 aromatic heterocycles. The van der Waals surface area contributed by atoms with Crippen molar-refractivity contribution in [2.75, 3.05) is 6.54 Å². The summed E-state index contributed by atoms with van der Waals surface area (Å²) in [5.41, 5.74) is 3.27. The van der Waals surface area contributed by atoms with Crippen LogP contribution in [-0.2, 0) is 0 Å². The fourth-order valence-corrected chi connectivity index (χ4v) is 1.18. The molecule has 4 N–H and O–H groups in total. The molecule has 9 heavy (non-hydrogen) atoms. The van der Waals surface area contributed by atoms with Crippen LogP contribution in [0.5, 0.6) is 0 Å². The van der Waals surface area contributed by atoms with E-state index < -0.39 is 0 Å². The van der Waals surface area contributed by atoms with E-state index in [1.165, 1.54) is 4.52 Å². The maximum atomic E-state index is 5.29. The summed E-state index contributed by atoms with van der Waals surface area (Å²) in [4.78, 5) is 0. The summed E-state index contributed by atoms with van der Waals surface area (Å²) >= 11 is 1.56. The van der Waals surface area contributed by atoms with Gasteiger partial charge in [-0.2, -0.15) is 0 Å². The van der Waals surface area contributed by atoms with Crippen LogP contribution < -0.4 is 16.6 Å². The molecule has 0 bridgehead atoms. The van der Waals surface area contributed by atoms with Crippen molar-refractivity contribution >= 4 is 11.9 Å². The predicted octanol–water partition coefficient (Wildman–Crippen LogP) is -0.388. The van der Waals surface area contributed by atoms with Gasteiger partial charge in [-0.1, -0.05) is 6.92 Å². The number of nitrogens with zero attached hydrogens (tertiary/aromatic N) is 1. The summed E-state index contributed by atoms with van der Waals surface area (Å²) in [5, 5.41) is 3.23. The molecule has 5 heteroatoms. The van der Waals surface area contributed by atoms with Crippen LogP contribution in [0.15, 0.2) is 0 Å². The van der Waals surface area contributed by atoms with E-state index in [9.17, 15) is 0 Å². The zero-order valence-corrected chi connectivity index (χ0v) is 6.24. The molecular weight excluding hydrogens is 136 g/mol. The summed E-state index contributed by atoms with van der Waals surface area (Å²) in [6.07, 6.45) is 1.16. The molecule has 1 aliphatic rings. The zero-order valence-electron chi connectivity index (χ0n) is 5.42. The standard InChI is InChI=1S/C4H12N4S/c1-2-3-6-4-7-8(5)9-4/h4,6-7H,2-3,5H2,1H3. The Morgan fingerprint density at radius 2 is 2.56 bits per heavy atom. The van der Waals surface area contributed by atoms with E-state index in [-0.39, 0.29) is 0 Å². The summed E-state index contributed by atoms with van der Waals surface area (Å²) in [5.74, 6) is 5.29. The number of nitrogens with two attached hydrogens (primary N) is 1. The van der Waals surface area contributed by atoms with E-state index in [1.54, 1.807) is 11.9 Å². The van der Waals surface area contributed by atoms with E-state index >= 15 is 0 Å². The minimum Gasteiger partial charge on any atom is -0.291 e. The highest BCUT2D eigenvalue weighted by Gasteiger charge is 2.22. The smallest absolute Gasteiger partial charge is 0.137 e. The third-order valence-electron chi connectivity index (χ3n) is 1.04. The first kappa shape index (κ1) is 7.30. The second kappa shape index (κ2) is 3.38. The molecule has 1 saturated heterocycles. The van der Waals surface area contributed by atoms with E-state index in [0.717, 1.165) is 13.0 Å². The van der Waals surface area contributed by atoms with Gasteiger partial charge in [0.2, 0.25) is 0 Å². The molecule has 0 radical (unpaired) electrons. The van der Waals surface area contributed by atoms with Gasteiger partial charge in [-0.3, -0.25) is 5.32 Å². The molecule has 0 spiro atoms. The van der Waals surface area contributed by atoms with Gasteiger partial charge < -0.3 is 0 Å². The molecular formula is C4H12N4S. The Hall–Kier alpha value is 0.190. The third kappa shape index (κ3) is 2.11. The Labute approximate surface area is 59.2 Å². The lowest BCUT2D eigenvalue weighted by Crippen LogP contribution is -2.60. The van der Waals surface area contributed by atoms with Crippen molar-refractivity contribution in [3.05, 3.63) is 0 Å². The van der Waals surface area contributed by atoms with Crippen molar-refractivity contribution in [3.63, 3.8) is 0 Å². The molecule has 1 aliphatic heterocycles. The summed E-state index contributed by atoms with van der Waals surface area (Å²) in [7, 11) is 0. The van der Waals surface area contributed by atoms with Gasteiger partial charge in [0.25, 0.3) is 0 Å². The van der Waals surface area contributed by atoms with Crippen molar-refractivity contribution in [2.45, 2.75) is 18.8 Å². The molecule has 0 saturated carbocycles. The van der Waals surface area contributed by atoms with Gasteiger partial charge in [-0.05, 0) is 24.9 Å². The van der Waals surface area contributed by atoms with Crippen LogP contribution in [-0.4, -0.2) is 16.6 Å². The molecule has 4 nitrogen and oxygen atoms in total. The van der Waals surface area contributed by atoms with Gasteiger partial charge in [0.1, 0.15) is 5.50 Å². The Kier molecular flexibility index (Phi) is 2.74. The lowest BCUT2D eigenvalue weighted by atomic mass is 10.5. The normalized spacial score (nSPS) is 28.0. The van der Waals surface area contributed by atoms with Crippen LogP contribution in [0, 0.1) is 0 Å². The van der Waals surface area contributed by atoms with Gasteiger partial charge >= 0.3 is 0 Å². The highest BCUT2D eigenvalue weighted by atomic mass is 32.2. The number of hydrogen-bond acceptors (Lipinski definition) is 5. The Morgan fingerprint density at radius 1 is 1.89 bits per heavy atom. The molecule has 1 unspecified atom stereocenters. The summed E-state index contributed by atoms with van der Waals surface area (Å²) in [6, 6.07) is 0. The van der Waals surface area contributed by atoms with Gasteiger partial charge in [-0.15, -0.1) is 4.52 Å². The molecule has 1 atom stereocenters. The summed E-state index contributed by atoms with van der Waals surface area (Å²) < 4.78 is 1.49. The maximum Gasteiger partial charge on any atom is 0.137 e. The van der Waals surface area contributed by atoms with E-state index in [2.05, 4.69) is 17.7 Å². The molecule has 0 aromatic carbocycles. The fraction of sp³-hybridized carbons (Fsp3) is 1.00. The minimum atomic E-state index is 0.329. The van der Waals surface area contributed by atoms with E-state index in [4.69, 9.17) is 5.84 Å². The highest BCUT2D eigenvalue weighted by molar-refractivity contribution is 7.98. The van der Waals surface area contributed by atoms with Crippen molar-refractivity contribution in [1.29, 1.82) is 0 Å². The Bertz CT molecular complexity index is 82.6. The quantitative estimate of drug-likeness (QED) is 0.376. The first-order valence-electron chi connectivity index (χ1n) is 3.04. The van der Waals surface area contributed by atoms with Gasteiger partial charge in [0, 0.05) is 0 Å². The first-order chi connectivity index (χ1) is 4.33. The zero-order chi connectivity index (χ0) is 6.69. The van der Waals surface area contributed by atoms with Crippen molar-refractivity contribution in [3.8, 4) is 0 Å². The first-order valence-corrected chi connectivity index (χ1v) is 3.87. The van der Waals surface area contributed by atoms with Crippen molar-refractivity contribution < 1.29 is 0 Å². The lowest BCUT2D eigenvalue weighted by Gasteiger charge is -2.35. The van der Waals surface area contributed by atoms with Gasteiger partial charge in [0.05, 0.1) is 0 Å². The predicted molar refractivity (Wildman–Crippen MR) is 38.8 cm³/mol. The number of rotatable bonds is 3. The Balaban J connectivity index is 1.91. The molecule has 1 fully saturated rings. The third-order valence-corrected chi connectivity index (χ3v) is 1.86. The van der Waals surface area contributed by atoms with Gasteiger partial charge in [-0.25, -0.2) is 11.3 Å². The molecule has 0 aromatic rings. The maximum absolute atomic E-state index is 5.29. The lowest BCUT2D eigenvalue weighted by molar-refractivity contribution is 0.270. The number of nitrogens with one attached hydrogen (secondary N) is 2. The summed E-state index contributed by atoms with van der Waals surface area (Å²) in [6.45, 7) is 3.18. The Morgan fingerprint density at radius 3 is 3.00 bits per heavy atom. The number of hydrazine groups is 2. The van der Waals surface area contributed by atoms with Crippen LogP contribution in [0.25, 0.3) is 0 Å². The average Bonchev–Trinajstić information content (AvgIpc) is 1.78. The average molecular weight is 148 g/mol. The molecule has 0 aliphatic carbocycles. The minimum absolute atomic E-state index is 0.329. The van der Waals surface area contributed by atoms with E-state index in [0.29, 0.717) is 5.50 Å².